The number of nitrogens with zero attached hydrogens (tertiary/aromatic N) is 2. The van der Waals surface area contributed by atoms with Crippen molar-refractivity contribution in [3.8, 4) is 0 Å². The third kappa shape index (κ3) is 4.85. The van der Waals surface area contributed by atoms with E-state index in [0.717, 1.165) is 37.3 Å². The second-order valence-corrected chi connectivity index (χ2v) is 6.19. The number of nitrogens with one attached hydrogen (secondary N) is 1. The van der Waals surface area contributed by atoms with Crippen LogP contribution in [0.4, 0.5) is 13.2 Å². The minimum Gasteiger partial charge on any atom is -0.314 e. The maximum atomic E-state index is 12.9. The molecule has 1 aliphatic rings. The van der Waals surface area contributed by atoms with Crippen LogP contribution in [0.5, 0.6) is 0 Å². The molecule has 1 aromatic heterocycles. The smallest absolute Gasteiger partial charge is 0.314 e. The topological polar surface area (TPSA) is 28.2 Å². The average Bonchev–Trinajstić information content (AvgIpc) is 2.57. The molecule has 1 N–H and O–H groups in total. The molecule has 0 bridgehead atoms. The van der Waals surface area contributed by atoms with Crippen molar-refractivity contribution in [2.75, 3.05) is 19.6 Å². The summed E-state index contributed by atoms with van der Waals surface area (Å²) in [6, 6.07) is 7.37. The molecule has 8 heteroatoms. The molecular formula is C17H18Cl2F3N3. The Kier molecular flexibility index (Phi) is 6.68. The summed E-state index contributed by atoms with van der Waals surface area (Å²) in [5.74, 6) is 0. The highest BCUT2D eigenvalue weighted by molar-refractivity contribution is 6.31. The van der Waals surface area contributed by atoms with Crippen molar-refractivity contribution in [2.24, 2.45) is 0 Å². The Labute approximate surface area is 155 Å². The van der Waals surface area contributed by atoms with E-state index in [-0.39, 0.29) is 18.4 Å². The molecule has 3 rings (SSSR count). The van der Waals surface area contributed by atoms with Crippen LogP contribution < -0.4 is 5.32 Å². The fourth-order valence-electron chi connectivity index (χ4n) is 2.93. The zero-order valence-corrected chi connectivity index (χ0v) is 14.8. The number of hydrogen-bond donors (Lipinski definition) is 1. The Morgan fingerprint density at radius 1 is 1.28 bits per heavy atom. The Morgan fingerprint density at radius 2 is 2.08 bits per heavy atom. The van der Waals surface area contributed by atoms with E-state index in [1.807, 2.05) is 12.1 Å². The quantitative estimate of drug-likeness (QED) is 0.844. The lowest BCUT2D eigenvalue weighted by Crippen LogP contribution is -2.45. The van der Waals surface area contributed by atoms with Gasteiger partial charge < -0.3 is 5.32 Å². The van der Waals surface area contributed by atoms with Gasteiger partial charge in [0.2, 0.25) is 0 Å². The summed E-state index contributed by atoms with van der Waals surface area (Å²) in [4.78, 5) is 6.27. The van der Waals surface area contributed by atoms with Crippen molar-refractivity contribution in [2.45, 2.75) is 18.8 Å². The van der Waals surface area contributed by atoms with Gasteiger partial charge >= 0.3 is 6.18 Å². The van der Waals surface area contributed by atoms with E-state index < -0.39 is 11.7 Å². The van der Waals surface area contributed by atoms with Crippen molar-refractivity contribution in [1.29, 1.82) is 0 Å². The number of benzene rings is 1. The average molecular weight is 392 g/mol. The lowest BCUT2D eigenvalue weighted by Gasteiger charge is -2.36. The van der Waals surface area contributed by atoms with Crippen LogP contribution in [0.25, 0.3) is 0 Å². The van der Waals surface area contributed by atoms with Gasteiger partial charge in [-0.3, -0.25) is 9.88 Å². The molecule has 0 radical (unpaired) electrons. The Balaban J connectivity index is 0.00000225. The molecule has 2 heterocycles. The van der Waals surface area contributed by atoms with Crippen molar-refractivity contribution in [3.63, 3.8) is 0 Å². The van der Waals surface area contributed by atoms with E-state index in [4.69, 9.17) is 11.6 Å². The number of hydrogen-bond acceptors (Lipinski definition) is 3. The first kappa shape index (κ1) is 20.0. The first-order valence-electron chi connectivity index (χ1n) is 7.65. The van der Waals surface area contributed by atoms with Crippen LogP contribution >= 0.6 is 24.0 Å². The van der Waals surface area contributed by atoms with E-state index in [0.29, 0.717) is 17.1 Å². The monoisotopic (exact) mass is 391 g/mol. The molecule has 1 unspecified atom stereocenters. The van der Waals surface area contributed by atoms with Gasteiger partial charge in [-0.2, -0.15) is 13.2 Å². The molecule has 0 amide bonds. The van der Waals surface area contributed by atoms with Gasteiger partial charge in [-0.1, -0.05) is 17.7 Å². The number of rotatable bonds is 3. The Morgan fingerprint density at radius 3 is 2.76 bits per heavy atom. The van der Waals surface area contributed by atoms with Crippen LogP contribution in [0.15, 0.2) is 42.7 Å². The van der Waals surface area contributed by atoms with Gasteiger partial charge in [0.05, 0.1) is 5.56 Å². The van der Waals surface area contributed by atoms with E-state index in [2.05, 4.69) is 15.2 Å². The van der Waals surface area contributed by atoms with Gasteiger partial charge in [0, 0.05) is 49.6 Å². The molecule has 1 fully saturated rings. The van der Waals surface area contributed by atoms with Gasteiger partial charge in [-0.15, -0.1) is 12.4 Å². The molecule has 136 valence electrons. The van der Waals surface area contributed by atoms with Gasteiger partial charge in [0.1, 0.15) is 0 Å². The number of piperazine rings is 1. The normalized spacial score (nSPS) is 18.6. The maximum absolute atomic E-state index is 12.9. The summed E-state index contributed by atoms with van der Waals surface area (Å²) in [7, 11) is 0. The standard InChI is InChI=1S/C17H17ClF3N3.ClH/c18-15-4-3-14(17(19,20)21)8-13(15)11-24-7-6-23-10-16(24)12-2-1-5-22-9-12;/h1-5,8-9,16,23H,6-7,10-11H2;1H. The summed E-state index contributed by atoms with van der Waals surface area (Å²) in [6.07, 6.45) is -0.877. The summed E-state index contributed by atoms with van der Waals surface area (Å²) in [6.45, 7) is 2.60. The molecule has 1 aliphatic heterocycles. The largest absolute Gasteiger partial charge is 0.416 e. The van der Waals surface area contributed by atoms with Crippen molar-refractivity contribution >= 4 is 24.0 Å². The molecule has 1 saturated heterocycles. The fourth-order valence-corrected chi connectivity index (χ4v) is 3.11. The van der Waals surface area contributed by atoms with Gasteiger partial charge in [-0.05, 0) is 35.4 Å². The fraction of sp³-hybridized carbons (Fsp3) is 0.353. The summed E-state index contributed by atoms with van der Waals surface area (Å²) < 4.78 is 38.8. The van der Waals surface area contributed by atoms with Crippen LogP contribution in [0.1, 0.15) is 22.7 Å². The second-order valence-electron chi connectivity index (χ2n) is 5.78. The highest BCUT2D eigenvalue weighted by atomic mass is 35.5. The van der Waals surface area contributed by atoms with Crippen molar-refractivity contribution < 1.29 is 13.2 Å². The van der Waals surface area contributed by atoms with Crippen LogP contribution in [0, 0.1) is 0 Å². The molecule has 2 aromatic rings. The van der Waals surface area contributed by atoms with E-state index in [1.165, 1.54) is 6.07 Å². The zero-order valence-electron chi connectivity index (χ0n) is 13.3. The van der Waals surface area contributed by atoms with E-state index >= 15 is 0 Å². The highest BCUT2D eigenvalue weighted by Crippen LogP contribution is 2.33. The molecule has 25 heavy (non-hydrogen) atoms. The number of pyridine rings is 1. The van der Waals surface area contributed by atoms with Gasteiger partial charge in [0.25, 0.3) is 0 Å². The van der Waals surface area contributed by atoms with Crippen molar-refractivity contribution in [1.82, 2.24) is 15.2 Å². The van der Waals surface area contributed by atoms with Crippen LogP contribution in [0.3, 0.4) is 0 Å². The third-order valence-electron chi connectivity index (χ3n) is 4.17. The first-order chi connectivity index (χ1) is 11.4. The summed E-state index contributed by atoms with van der Waals surface area (Å²) in [5, 5.41) is 3.67. The number of aromatic nitrogens is 1. The Hall–Kier alpha value is -1.34. The van der Waals surface area contributed by atoms with E-state index in [1.54, 1.807) is 12.4 Å². The second kappa shape index (κ2) is 8.36. The van der Waals surface area contributed by atoms with Crippen LogP contribution in [0.2, 0.25) is 5.02 Å². The SMILES string of the molecule is Cl.FC(F)(F)c1ccc(Cl)c(CN2CCNCC2c2cccnc2)c1. The lowest BCUT2D eigenvalue weighted by molar-refractivity contribution is -0.137. The molecular weight excluding hydrogens is 374 g/mol. The maximum Gasteiger partial charge on any atom is 0.416 e. The number of alkyl halides is 3. The van der Waals surface area contributed by atoms with E-state index in [9.17, 15) is 13.2 Å². The summed E-state index contributed by atoms with van der Waals surface area (Å²) >= 11 is 6.14. The predicted molar refractivity (Wildman–Crippen MR) is 94.0 cm³/mol. The molecule has 0 spiro atoms. The minimum absolute atomic E-state index is 0. The first-order valence-corrected chi connectivity index (χ1v) is 8.03. The number of halogens is 5. The van der Waals surface area contributed by atoms with Gasteiger partial charge in [0.15, 0.2) is 0 Å². The molecule has 1 aromatic carbocycles. The lowest BCUT2D eigenvalue weighted by atomic mass is 10.0. The third-order valence-corrected chi connectivity index (χ3v) is 4.54. The van der Waals surface area contributed by atoms with Crippen LogP contribution in [-0.4, -0.2) is 29.5 Å². The predicted octanol–water partition coefficient (Wildman–Crippen LogP) is 4.32. The van der Waals surface area contributed by atoms with Gasteiger partial charge in [-0.25, -0.2) is 0 Å². The molecule has 1 atom stereocenters. The van der Waals surface area contributed by atoms with Crippen LogP contribution in [-0.2, 0) is 12.7 Å². The molecule has 0 saturated carbocycles. The zero-order chi connectivity index (χ0) is 17.2. The van der Waals surface area contributed by atoms with Crippen molar-refractivity contribution in [3.05, 3.63) is 64.4 Å². The minimum atomic E-state index is -4.37. The summed E-state index contributed by atoms with van der Waals surface area (Å²) in [5.41, 5.74) is 0.852. The Bertz CT molecular complexity index is 695. The highest BCUT2D eigenvalue weighted by Gasteiger charge is 2.31. The molecule has 0 aliphatic carbocycles. The molecule has 3 nitrogen and oxygen atoms in total.